The minimum absolute atomic E-state index is 0.00345. The van der Waals surface area contributed by atoms with Crippen molar-refractivity contribution in [2.24, 2.45) is 11.1 Å². The molecule has 5 heteroatoms. The molecule has 1 heterocycles. The van der Waals surface area contributed by atoms with Crippen molar-refractivity contribution < 1.29 is 0 Å². The van der Waals surface area contributed by atoms with Gasteiger partial charge in [0.05, 0.1) is 22.2 Å². The molecule has 0 aliphatic heterocycles. The van der Waals surface area contributed by atoms with Gasteiger partial charge in [0.25, 0.3) is 5.56 Å². The fourth-order valence-corrected chi connectivity index (χ4v) is 2.18. The quantitative estimate of drug-likeness (QED) is 0.859. The summed E-state index contributed by atoms with van der Waals surface area (Å²) in [5, 5.41) is 0.656. The van der Waals surface area contributed by atoms with E-state index in [2.05, 4.69) is 4.98 Å². The number of nitrogens with zero attached hydrogens (tertiary/aromatic N) is 2. The predicted octanol–water partition coefficient (Wildman–Crippen LogP) is 2.49. The molecule has 2 N–H and O–H groups in total. The molecule has 2 rings (SSSR count). The number of para-hydroxylation sites is 1. The Labute approximate surface area is 123 Å². The van der Waals surface area contributed by atoms with Crippen LogP contribution in [0.2, 0.25) is 0 Å². The van der Waals surface area contributed by atoms with Crippen molar-refractivity contribution in [3.05, 3.63) is 40.9 Å². The van der Waals surface area contributed by atoms with Crippen molar-refractivity contribution in [2.75, 3.05) is 0 Å². The molecule has 0 saturated heterocycles. The first-order chi connectivity index (χ1) is 9.42. The topological polar surface area (TPSA) is 60.9 Å². The van der Waals surface area contributed by atoms with Gasteiger partial charge in [-0.1, -0.05) is 38.2 Å². The number of benzene rings is 1. The van der Waals surface area contributed by atoms with E-state index < -0.39 is 0 Å². The molecule has 0 aliphatic carbocycles. The van der Waals surface area contributed by atoms with Crippen LogP contribution in [0.25, 0.3) is 10.9 Å². The fraction of sp³-hybridized carbons (Fsp3) is 0.400. The second kappa shape index (κ2) is 5.71. The highest BCUT2D eigenvalue weighted by molar-refractivity contribution is 7.80. The lowest BCUT2D eigenvalue weighted by atomic mass is 9.88. The molecule has 106 valence electrons. The van der Waals surface area contributed by atoms with Crippen molar-refractivity contribution in [2.45, 2.75) is 33.2 Å². The van der Waals surface area contributed by atoms with Crippen LogP contribution in [0.4, 0.5) is 0 Å². The zero-order valence-electron chi connectivity index (χ0n) is 11.8. The van der Waals surface area contributed by atoms with Gasteiger partial charge in [0.1, 0.15) is 0 Å². The van der Waals surface area contributed by atoms with Crippen molar-refractivity contribution in [3.8, 4) is 0 Å². The first kappa shape index (κ1) is 14.7. The van der Waals surface area contributed by atoms with Gasteiger partial charge in [-0.2, -0.15) is 0 Å². The lowest BCUT2D eigenvalue weighted by Gasteiger charge is -2.22. The standard InChI is InChI=1S/C15H19N3OS/c1-15(2,14(16)20)8-5-9-18-10-17-12-7-4-3-6-11(12)13(18)19/h3-4,6-7,10H,5,8-9H2,1-2H3,(H2,16,20). The second-order valence-electron chi connectivity index (χ2n) is 5.61. The Morgan fingerprint density at radius 1 is 1.40 bits per heavy atom. The van der Waals surface area contributed by atoms with Gasteiger partial charge in [0, 0.05) is 12.0 Å². The Bertz CT molecular complexity index is 691. The second-order valence-corrected chi connectivity index (χ2v) is 6.05. The fourth-order valence-electron chi connectivity index (χ4n) is 2.08. The first-order valence-corrected chi connectivity index (χ1v) is 7.07. The largest absolute Gasteiger partial charge is 0.393 e. The molecule has 1 aromatic heterocycles. The Morgan fingerprint density at radius 2 is 2.10 bits per heavy atom. The third-order valence-corrected chi connectivity index (χ3v) is 4.15. The summed E-state index contributed by atoms with van der Waals surface area (Å²) in [5.74, 6) is 0. The summed E-state index contributed by atoms with van der Waals surface area (Å²) in [6.45, 7) is 4.68. The molecule has 0 spiro atoms. The van der Waals surface area contributed by atoms with Crippen LogP contribution in [0, 0.1) is 5.41 Å². The molecule has 0 radical (unpaired) electrons. The van der Waals surface area contributed by atoms with Gasteiger partial charge in [-0.05, 0) is 25.0 Å². The lowest BCUT2D eigenvalue weighted by Crippen LogP contribution is -2.30. The first-order valence-electron chi connectivity index (χ1n) is 6.66. The summed E-state index contributed by atoms with van der Waals surface area (Å²) in [6, 6.07) is 7.38. The normalized spacial score (nSPS) is 11.7. The molecular formula is C15H19N3OS. The summed E-state index contributed by atoms with van der Waals surface area (Å²) < 4.78 is 1.65. The summed E-state index contributed by atoms with van der Waals surface area (Å²) in [4.78, 5) is 17.1. The Hall–Kier alpha value is -1.75. The molecule has 20 heavy (non-hydrogen) atoms. The third-order valence-electron chi connectivity index (χ3n) is 3.60. The van der Waals surface area contributed by atoms with Crippen molar-refractivity contribution in [3.63, 3.8) is 0 Å². The highest BCUT2D eigenvalue weighted by Gasteiger charge is 2.20. The minimum Gasteiger partial charge on any atom is -0.393 e. The van der Waals surface area contributed by atoms with E-state index in [0.717, 1.165) is 18.4 Å². The number of rotatable bonds is 5. The molecule has 0 saturated carbocycles. The monoisotopic (exact) mass is 289 g/mol. The van der Waals surface area contributed by atoms with Gasteiger partial charge in [0.2, 0.25) is 0 Å². The van der Waals surface area contributed by atoms with Gasteiger partial charge >= 0.3 is 0 Å². The van der Waals surface area contributed by atoms with E-state index in [9.17, 15) is 4.79 Å². The summed E-state index contributed by atoms with van der Waals surface area (Å²) >= 11 is 5.05. The maximum absolute atomic E-state index is 12.3. The number of hydrogen-bond acceptors (Lipinski definition) is 3. The van der Waals surface area contributed by atoms with E-state index in [1.54, 1.807) is 17.0 Å². The van der Waals surface area contributed by atoms with E-state index in [-0.39, 0.29) is 11.0 Å². The van der Waals surface area contributed by atoms with Crippen LogP contribution < -0.4 is 11.3 Å². The van der Waals surface area contributed by atoms with Crippen LogP contribution in [0.15, 0.2) is 35.4 Å². The maximum atomic E-state index is 12.3. The lowest BCUT2D eigenvalue weighted by molar-refractivity contribution is 0.433. The van der Waals surface area contributed by atoms with Crippen LogP contribution in [0.1, 0.15) is 26.7 Å². The zero-order chi connectivity index (χ0) is 14.8. The summed E-state index contributed by atoms with van der Waals surface area (Å²) in [5.41, 5.74) is 6.26. The van der Waals surface area contributed by atoms with Gasteiger partial charge < -0.3 is 5.73 Å². The molecule has 0 aliphatic rings. The average Bonchev–Trinajstić information content (AvgIpc) is 2.41. The van der Waals surface area contributed by atoms with Crippen LogP contribution >= 0.6 is 12.2 Å². The minimum atomic E-state index is -0.177. The molecule has 2 aromatic rings. The van der Waals surface area contributed by atoms with Crippen LogP contribution in [0.5, 0.6) is 0 Å². The van der Waals surface area contributed by atoms with E-state index in [0.29, 0.717) is 16.9 Å². The van der Waals surface area contributed by atoms with Crippen LogP contribution in [-0.2, 0) is 6.54 Å². The van der Waals surface area contributed by atoms with Gasteiger partial charge in [0.15, 0.2) is 0 Å². The molecule has 0 atom stereocenters. The number of aryl methyl sites for hydroxylation is 1. The van der Waals surface area contributed by atoms with Crippen molar-refractivity contribution >= 4 is 28.1 Å². The molecule has 0 bridgehead atoms. The Kier molecular flexibility index (Phi) is 4.18. The molecule has 0 fully saturated rings. The smallest absolute Gasteiger partial charge is 0.261 e. The van der Waals surface area contributed by atoms with E-state index >= 15 is 0 Å². The molecule has 1 aromatic carbocycles. The average molecular weight is 289 g/mol. The maximum Gasteiger partial charge on any atom is 0.261 e. The number of thiocarbonyl (C=S) groups is 1. The number of fused-ring (bicyclic) bond motifs is 1. The van der Waals surface area contributed by atoms with Gasteiger partial charge in [-0.25, -0.2) is 4.98 Å². The zero-order valence-corrected chi connectivity index (χ0v) is 12.6. The van der Waals surface area contributed by atoms with Gasteiger partial charge in [-0.3, -0.25) is 9.36 Å². The molecule has 0 amide bonds. The number of aromatic nitrogens is 2. The van der Waals surface area contributed by atoms with E-state index in [4.69, 9.17) is 18.0 Å². The van der Waals surface area contributed by atoms with E-state index in [1.807, 2.05) is 32.0 Å². The number of nitrogens with two attached hydrogens (primary N) is 1. The van der Waals surface area contributed by atoms with E-state index in [1.165, 1.54) is 0 Å². The summed E-state index contributed by atoms with van der Waals surface area (Å²) in [7, 11) is 0. The molecule has 0 unspecified atom stereocenters. The van der Waals surface area contributed by atoms with Crippen LogP contribution in [0.3, 0.4) is 0 Å². The number of hydrogen-bond donors (Lipinski definition) is 1. The molecular weight excluding hydrogens is 270 g/mol. The molecule has 4 nitrogen and oxygen atoms in total. The highest BCUT2D eigenvalue weighted by atomic mass is 32.1. The van der Waals surface area contributed by atoms with Gasteiger partial charge in [-0.15, -0.1) is 0 Å². The summed E-state index contributed by atoms with van der Waals surface area (Å²) in [6.07, 6.45) is 3.30. The predicted molar refractivity (Wildman–Crippen MR) is 85.8 cm³/mol. The highest BCUT2D eigenvalue weighted by Crippen LogP contribution is 2.22. The van der Waals surface area contributed by atoms with Crippen molar-refractivity contribution in [1.82, 2.24) is 9.55 Å². The van der Waals surface area contributed by atoms with Crippen LogP contribution in [-0.4, -0.2) is 14.5 Å². The SMILES string of the molecule is CC(C)(CCCn1cnc2ccccc2c1=O)C(N)=S. The third kappa shape index (κ3) is 3.04. The Balaban J connectivity index is 2.13. The van der Waals surface area contributed by atoms with Crippen molar-refractivity contribution in [1.29, 1.82) is 0 Å². The Morgan fingerprint density at radius 3 is 2.80 bits per heavy atom.